The Morgan fingerprint density at radius 2 is 1.68 bits per heavy atom. The lowest BCUT2D eigenvalue weighted by Gasteiger charge is -2.22. The van der Waals surface area contributed by atoms with E-state index in [2.05, 4.69) is 10.2 Å². The first-order chi connectivity index (χ1) is 10.00. The second-order valence-corrected chi connectivity index (χ2v) is 6.01. The van der Waals surface area contributed by atoms with Gasteiger partial charge >= 0.3 is 6.18 Å². The van der Waals surface area contributed by atoms with Gasteiger partial charge in [-0.3, -0.25) is 0 Å². The van der Waals surface area contributed by atoms with Crippen LogP contribution in [0.25, 0.3) is 11.3 Å². The standard InChI is InChI=1S/C15H16F3N3O/c1-14(2,3)10-7-12(19)20-21-13(10)9-5-4-8(6-11(9)22)15(16,17)18/h4-7,22H,1-3H3,(H2,19,20). The predicted molar refractivity (Wildman–Crippen MR) is 77.2 cm³/mol. The van der Waals surface area contributed by atoms with Crippen LogP contribution in [0.2, 0.25) is 0 Å². The molecule has 0 spiro atoms. The van der Waals surface area contributed by atoms with Gasteiger partial charge in [0, 0.05) is 5.56 Å². The van der Waals surface area contributed by atoms with E-state index in [0.717, 1.165) is 6.07 Å². The third kappa shape index (κ3) is 3.13. The van der Waals surface area contributed by atoms with Crippen molar-refractivity contribution in [3.05, 3.63) is 35.4 Å². The largest absolute Gasteiger partial charge is 0.507 e. The number of nitrogens with zero attached hydrogens (tertiary/aromatic N) is 2. The van der Waals surface area contributed by atoms with E-state index in [-0.39, 0.29) is 16.8 Å². The van der Waals surface area contributed by atoms with Gasteiger partial charge in [-0.1, -0.05) is 20.8 Å². The molecule has 118 valence electrons. The molecule has 0 unspecified atom stereocenters. The molecule has 1 aromatic heterocycles. The molecule has 4 nitrogen and oxygen atoms in total. The molecule has 0 aliphatic heterocycles. The maximum atomic E-state index is 12.7. The third-order valence-corrected chi connectivity index (χ3v) is 3.20. The van der Waals surface area contributed by atoms with Crippen molar-refractivity contribution in [2.75, 3.05) is 5.73 Å². The minimum atomic E-state index is -4.52. The molecule has 0 saturated heterocycles. The van der Waals surface area contributed by atoms with Gasteiger partial charge in [-0.2, -0.15) is 13.2 Å². The molecule has 0 atom stereocenters. The number of phenols is 1. The summed E-state index contributed by atoms with van der Waals surface area (Å²) in [4.78, 5) is 0. The molecular formula is C15H16F3N3O. The van der Waals surface area contributed by atoms with Crippen molar-refractivity contribution in [1.29, 1.82) is 0 Å². The van der Waals surface area contributed by atoms with E-state index in [9.17, 15) is 18.3 Å². The fourth-order valence-electron chi connectivity index (χ4n) is 2.09. The number of rotatable bonds is 1. The van der Waals surface area contributed by atoms with Gasteiger partial charge in [0.2, 0.25) is 0 Å². The molecule has 7 heteroatoms. The summed E-state index contributed by atoms with van der Waals surface area (Å²) < 4.78 is 38.0. The van der Waals surface area contributed by atoms with Crippen LogP contribution in [-0.2, 0) is 11.6 Å². The lowest BCUT2D eigenvalue weighted by Crippen LogP contribution is -2.15. The first-order valence-corrected chi connectivity index (χ1v) is 6.54. The molecule has 3 N–H and O–H groups in total. The van der Waals surface area contributed by atoms with Gasteiger partial charge in [0.25, 0.3) is 0 Å². The smallest absolute Gasteiger partial charge is 0.416 e. The molecule has 1 heterocycles. The van der Waals surface area contributed by atoms with Crippen molar-refractivity contribution in [3.8, 4) is 17.0 Å². The van der Waals surface area contributed by atoms with Gasteiger partial charge in [-0.15, -0.1) is 10.2 Å². The van der Waals surface area contributed by atoms with Gasteiger partial charge in [0.1, 0.15) is 17.3 Å². The average Bonchev–Trinajstić information content (AvgIpc) is 2.37. The average molecular weight is 311 g/mol. The van der Waals surface area contributed by atoms with Gasteiger partial charge in [0.05, 0.1) is 5.56 Å². The summed E-state index contributed by atoms with van der Waals surface area (Å²) >= 11 is 0. The van der Waals surface area contributed by atoms with Crippen LogP contribution in [0.3, 0.4) is 0 Å². The van der Waals surface area contributed by atoms with Crippen molar-refractivity contribution in [1.82, 2.24) is 10.2 Å². The summed E-state index contributed by atoms with van der Waals surface area (Å²) in [6.45, 7) is 5.73. The molecule has 0 bridgehead atoms. The summed E-state index contributed by atoms with van der Waals surface area (Å²) in [6.07, 6.45) is -4.52. The molecule has 22 heavy (non-hydrogen) atoms. The monoisotopic (exact) mass is 311 g/mol. The number of phenolic OH excluding ortho intramolecular Hbond substituents is 1. The Morgan fingerprint density at radius 1 is 1.05 bits per heavy atom. The lowest BCUT2D eigenvalue weighted by molar-refractivity contribution is -0.137. The van der Waals surface area contributed by atoms with E-state index in [1.165, 1.54) is 6.07 Å². The molecule has 0 aliphatic rings. The summed E-state index contributed by atoms with van der Waals surface area (Å²) in [6, 6.07) is 4.38. The molecule has 2 rings (SSSR count). The zero-order valence-corrected chi connectivity index (χ0v) is 12.4. The van der Waals surface area contributed by atoms with E-state index in [4.69, 9.17) is 5.73 Å². The van der Waals surface area contributed by atoms with Crippen LogP contribution in [0.4, 0.5) is 19.0 Å². The quantitative estimate of drug-likeness (QED) is 0.841. The van der Waals surface area contributed by atoms with Crippen molar-refractivity contribution in [3.63, 3.8) is 0 Å². The highest BCUT2D eigenvalue weighted by Gasteiger charge is 2.32. The Labute approximate surface area is 125 Å². The van der Waals surface area contributed by atoms with Gasteiger partial charge in [0.15, 0.2) is 0 Å². The van der Waals surface area contributed by atoms with E-state index in [1.54, 1.807) is 6.07 Å². The van der Waals surface area contributed by atoms with E-state index >= 15 is 0 Å². The fourth-order valence-corrected chi connectivity index (χ4v) is 2.09. The maximum absolute atomic E-state index is 12.7. The van der Waals surface area contributed by atoms with Crippen molar-refractivity contribution in [2.24, 2.45) is 0 Å². The number of halogens is 3. The zero-order valence-electron chi connectivity index (χ0n) is 12.4. The highest BCUT2D eigenvalue weighted by molar-refractivity contribution is 5.71. The van der Waals surface area contributed by atoms with Gasteiger partial charge in [-0.25, -0.2) is 0 Å². The third-order valence-electron chi connectivity index (χ3n) is 3.20. The first-order valence-electron chi connectivity index (χ1n) is 6.54. The summed E-state index contributed by atoms with van der Waals surface area (Å²) in [7, 11) is 0. The molecule has 1 aromatic carbocycles. The van der Waals surface area contributed by atoms with Crippen LogP contribution >= 0.6 is 0 Å². The van der Waals surface area contributed by atoms with Gasteiger partial charge in [-0.05, 0) is 35.2 Å². The first kappa shape index (κ1) is 16.1. The zero-order chi connectivity index (χ0) is 16.7. The number of hydrogen-bond donors (Lipinski definition) is 2. The topological polar surface area (TPSA) is 72.0 Å². The second-order valence-electron chi connectivity index (χ2n) is 6.01. The highest BCUT2D eigenvalue weighted by atomic mass is 19.4. The Morgan fingerprint density at radius 3 is 2.18 bits per heavy atom. The summed E-state index contributed by atoms with van der Waals surface area (Å²) in [5, 5.41) is 17.7. The van der Waals surface area contributed by atoms with E-state index in [0.29, 0.717) is 17.3 Å². The molecule has 0 aliphatic carbocycles. The second kappa shape index (κ2) is 5.15. The van der Waals surface area contributed by atoms with Crippen LogP contribution in [-0.4, -0.2) is 15.3 Å². The van der Waals surface area contributed by atoms with Crippen LogP contribution in [0, 0.1) is 0 Å². The fraction of sp³-hybridized carbons (Fsp3) is 0.333. The Hall–Kier alpha value is -2.31. The molecule has 0 amide bonds. The Bertz CT molecular complexity index is 706. The highest BCUT2D eigenvalue weighted by Crippen LogP contribution is 2.39. The summed E-state index contributed by atoms with van der Waals surface area (Å²) in [5.74, 6) is -0.292. The number of hydrogen-bond acceptors (Lipinski definition) is 4. The van der Waals surface area contributed by atoms with Crippen molar-refractivity contribution in [2.45, 2.75) is 32.4 Å². The number of aromatic nitrogens is 2. The van der Waals surface area contributed by atoms with Crippen LogP contribution in [0.15, 0.2) is 24.3 Å². The lowest BCUT2D eigenvalue weighted by atomic mass is 9.84. The number of nitrogens with two attached hydrogens (primary N) is 1. The Kier molecular flexibility index (Phi) is 3.76. The minimum Gasteiger partial charge on any atom is -0.507 e. The molecular weight excluding hydrogens is 295 g/mol. The van der Waals surface area contributed by atoms with Crippen molar-refractivity contribution < 1.29 is 18.3 Å². The molecule has 0 fully saturated rings. The normalized spacial score (nSPS) is 12.5. The molecule has 0 saturated carbocycles. The van der Waals surface area contributed by atoms with E-state index < -0.39 is 17.5 Å². The molecule has 0 radical (unpaired) electrons. The summed E-state index contributed by atoms with van der Waals surface area (Å²) in [5.41, 5.74) is 5.54. The van der Waals surface area contributed by atoms with Crippen molar-refractivity contribution >= 4 is 5.82 Å². The predicted octanol–water partition coefficient (Wildman–Crippen LogP) is 3.75. The number of benzene rings is 1. The van der Waals surface area contributed by atoms with E-state index in [1.807, 2.05) is 20.8 Å². The number of aromatic hydroxyl groups is 1. The molecule has 2 aromatic rings. The SMILES string of the molecule is CC(C)(C)c1cc(N)nnc1-c1ccc(C(F)(F)F)cc1O. The van der Waals surface area contributed by atoms with Crippen LogP contribution < -0.4 is 5.73 Å². The minimum absolute atomic E-state index is 0.186. The number of nitrogen functional groups attached to an aromatic ring is 1. The van der Waals surface area contributed by atoms with Crippen LogP contribution in [0.1, 0.15) is 31.9 Å². The van der Waals surface area contributed by atoms with Gasteiger partial charge < -0.3 is 10.8 Å². The number of anilines is 1. The Balaban J connectivity index is 2.63. The van der Waals surface area contributed by atoms with Crippen LogP contribution in [0.5, 0.6) is 5.75 Å². The number of alkyl halides is 3. The maximum Gasteiger partial charge on any atom is 0.416 e.